The van der Waals surface area contributed by atoms with Gasteiger partial charge in [-0.15, -0.1) is 0 Å². The van der Waals surface area contributed by atoms with Crippen LogP contribution in [0.4, 0.5) is 0 Å². The Hall–Kier alpha value is -0.770. The van der Waals surface area contributed by atoms with Crippen molar-refractivity contribution >= 4 is 29.1 Å². The number of carbonyl (C=O) groups excluding carboxylic acids is 1. The number of halogens is 2. The van der Waals surface area contributed by atoms with E-state index in [-0.39, 0.29) is 24.9 Å². The lowest BCUT2D eigenvalue weighted by atomic mass is 10.00. The highest BCUT2D eigenvalue weighted by Crippen LogP contribution is 2.23. The number of nitrogens with zero attached hydrogens (tertiary/aromatic N) is 1. The predicted octanol–water partition coefficient (Wildman–Crippen LogP) is 1.99. The smallest absolute Gasteiger partial charge is 0.227 e. The van der Waals surface area contributed by atoms with Gasteiger partial charge in [0.15, 0.2) is 0 Å². The van der Waals surface area contributed by atoms with E-state index in [2.05, 4.69) is 0 Å². The van der Waals surface area contributed by atoms with Crippen LogP contribution in [0, 0.1) is 5.92 Å². The summed E-state index contributed by atoms with van der Waals surface area (Å²) in [6.45, 7) is 1.42. The van der Waals surface area contributed by atoms with Crippen molar-refractivity contribution in [2.24, 2.45) is 5.92 Å². The Kier molecular flexibility index (Phi) is 3.92. The maximum atomic E-state index is 11.8. The Morgan fingerprint density at radius 2 is 2.12 bits per heavy atom. The largest absolute Gasteiger partial charge is 0.396 e. The van der Waals surface area contributed by atoms with E-state index in [0.29, 0.717) is 23.1 Å². The molecule has 1 heterocycles. The molecular formula is C12H13Cl2NO2. The highest BCUT2D eigenvalue weighted by molar-refractivity contribution is 6.35. The summed E-state index contributed by atoms with van der Waals surface area (Å²) in [5.74, 6) is 0.276. The van der Waals surface area contributed by atoms with Crippen molar-refractivity contribution in [1.82, 2.24) is 4.90 Å². The van der Waals surface area contributed by atoms with Crippen LogP contribution in [-0.2, 0) is 11.2 Å². The van der Waals surface area contributed by atoms with E-state index in [0.717, 1.165) is 5.56 Å². The van der Waals surface area contributed by atoms with Gasteiger partial charge in [-0.05, 0) is 17.7 Å². The zero-order valence-corrected chi connectivity index (χ0v) is 10.7. The summed E-state index contributed by atoms with van der Waals surface area (Å²) in [6.07, 6.45) is 0.286. The van der Waals surface area contributed by atoms with Gasteiger partial charge in [0.25, 0.3) is 0 Å². The number of aliphatic hydroxyl groups is 1. The number of hydrogen-bond donors (Lipinski definition) is 1. The van der Waals surface area contributed by atoms with Crippen molar-refractivity contribution in [2.45, 2.75) is 6.42 Å². The first-order valence-electron chi connectivity index (χ1n) is 5.42. The minimum absolute atomic E-state index is 0.0407. The average Bonchev–Trinajstić information content (AvgIpc) is 2.21. The lowest BCUT2D eigenvalue weighted by Gasteiger charge is -2.38. The van der Waals surface area contributed by atoms with Crippen LogP contribution in [0.5, 0.6) is 0 Å². The van der Waals surface area contributed by atoms with Crippen LogP contribution in [0.1, 0.15) is 5.56 Å². The Morgan fingerprint density at radius 3 is 2.71 bits per heavy atom. The molecule has 92 valence electrons. The van der Waals surface area contributed by atoms with Crippen molar-refractivity contribution in [1.29, 1.82) is 0 Å². The topological polar surface area (TPSA) is 40.5 Å². The van der Waals surface area contributed by atoms with Gasteiger partial charge in [0.05, 0.1) is 6.42 Å². The first kappa shape index (κ1) is 12.7. The molecule has 2 rings (SSSR count). The fourth-order valence-corrected chi connectivity index (χ4v) is 2.30. The minimum Gasteiger partial charge on any atom is -0.396 e. The number of likely N-dealkylation sites (tertiary alicyclic amines) is 1. The van der Waals surface area contributed by atoms with Gasteiger partial charge < -0.3 is 10.0 Å². The second-order valence-corrected chi connectivity index (χ2v) is 5.10. The van der Waals surface area contributed by atoms with E-state index in [4.69, 9.17) is 28.3 Å². The molecule has 1 amide bonds. The van der Waals surface area contributed by atoms with Gasteiger partial charge in [-0.2, -0.15) is 0 Å². The molecule has 0 spiro atoms. The first-order valence-corrected chi connectivity index (χ1v) is 6.18. The van der Waals surface area contributed by atoms with E-state index >= 15 is 0 Å². The summed E-state index contributed by atoms with van der Waals surface area (Å²) in [5, 5.41) is 9.96. The second-order valence-electron chi connectivity index (χ2n) is 4.26. The second kappa shape index (κ2) is 5.25. The van der Waals surface area contributed by atoms with Crippen LogP contribution < -0.4 is 0 Å². The molecule has 0 aromatic heterocycles. The molecule has 1 aliphatic rings. The maximum absolute atomic E-state index is 11.8. The van der Waals surface area contributed by atoms with Gasteiger partial charge in [0, 0.05) is 35.7 Å². The van der Waals surface area contributed by atoms with Gasteiger partial charge in [-0.3, -0.25) is 4.79 Å². The molecule has 1 saturated heterocycles. The summed E-state index contributed by atoms with van der Waals surface area (Å²) in [6, 6.07) is 5.13. The normalized spacial score (nSPS) is 15.8. The van der Waals surface area contributed by atoms with E-state index in [1.165, 1.54) is 0 Å². The molecule has 0 atom stereocenters. The lowest BCUT2D eigenvalue weighted by molar-refractivity contribution is -0.137. The van der Waals surface area contributed by atoms with Crippen LogP contribution in [0.3, 0.4) is 0 Å². The Bertz CT molecular complexity index is 431. The molecule has 3 nitrogen and oxygen atoms in total. The summed E-state index contributed by atoms with van der Waals surface area (Å²) in [4.78, 5) is 13.6. The number of benzene rings is 1. The molecule has 17 heavy (non-hydrogen) atoms. The van der Waals surface area contributed by atoms with Crippen molar-refractivity contribution < 1.29 is 9.90 Å². The van der Waals surface area contributed by atoms with E-state index in [9.17, 15) is 4.79 Å². The van der Waals surface area contributed by atoms with Crippen LogP contribution in [0.15, 0.2) is 18.2 Å². The molecule has 1 fully saturated rings. The van der Waals surface area contributed by atoms with Gasteiger partial charge >= 0.3 is 0 Å². The summed E-state index contributed by atoms with van der Waals surface area (Å²) in [5.41, 5.74) is 0.786. The maximum Gasteiger partial charge on any atom is 0.227 e. The van der Waals surface area contributed by atoms with Gasteiger partial charge in [-0.25, -0.2) is 0 Å². The molecule has 0 unspecified atom stereocenters. The third kappa shape index (κ3) is 2.92. The van der Waals surface area contributed by atoms with Crippen LogP contribution in [-0.4, -0.2) is 35.6 Å². The number of hydrogen-bond acceptors (Lipinski definition) is 2. The highest BCUT2D eigenvalue weighted by atomic mass is 35.5. The minimum atomic E-state index is 0.0407. The molecule has 0 aliphatic carbocycles. The van der Waals surface area contributed by atoms with Crippen LogP contribution >= 0.6 is 23.2 Å². The Balaban J connectivity index is 1.95. The van der Waals surface area contributed by atoms with E-state index in [1.54, 1.807) is 23.1 Å². The predicted molar refractivity (Wildman–Crippen MR) is 67.3 cm³/mol. The monoisotopic (exact) mass is 273 g/mol. The van der Waals surface area contributed by atoms with Crippen molar-refractivity contribution in [2.75, 3.05) is 19.7 Å². The average molecular weight is 274 g/mol. The highest BCUT2D eigenvalue weighted by Gasteiger charge is 2.29. The lowest BCUT2D eigenvalue weighted by Crippen LogP contribution is -2.51. The molecule has 1 aromatic rings. The number of carbonyl (C=O) groups is 1. The van der Waals surface area contributed by atoms with E-state index in [1.807, 2.05) is 0 Å². The molecule has 0 radical (unpaired) electrons. The third-order valence-electron chi connectivity index (χ3n) is 2.92. The summed E-state index contributed by atoms with van der Waals surface area (Å²) < 4.78 is 0. The van der Waals surface area contributed by atoms with E-state index < -0.39 is 0 Å². The van der Waals surface area contributed by atoms with Crippen LogP contribution in [0.25, 0.3) is 0 Å². The van der Waals surface area contributed by atoms with Crippen molar-refractivity contribution in [3.8, 4) is 0 Å². The van der Waals surface area contributed by atoms with Gasteiger partial charge in [0.2, 0.25) is 5.91 Å². The standard InChI is InChI=1S/C12H13Cl2NO2/c13-10-2-1-9(11(14)4-10)3-12(17)15-5-8(6-15)7-16/h1-2,4,8,16H,3,5-7H2. The Labute approximate surface area is 110 Å². The molecular weight excluding hydrogens is 261 g/mol. The Morgan fingerprint density at radius 1 is 1.41 bits per heavy atom. The van der Waals surface area contributed by atoms with Gasteiger partial charge in [0.1, 0.15) is 0 Å². The number of amides is 1. The van der Waals surface area contributed by atoms with Crippen LogP contribution in [0.2, 0.25) is 10.0 Å². The van der Waals surface area contributed by atoms with Crippen molar-refractivity contribution in [3.63, 3.8) is 0 Å². The quantitative estimate of drug-likeness (QED) is 0.915. The molecule has 0 saturated carbocycles. The molecule has 1 aromatic carbocycles. The fourth-order valence-electron chi connectivity index (χ4n) is 1.83. The van der Waals surface area contributed by atoms with Gasteiger partial charge in [-0.1, -0.05) is 29.3 Å². The number of aliphatic hydroxyl groups excluding tert-OH is 1. The van der Waals surface area contributed by atoms with Crippen molar-refractivity contribution in [3.05, 3.63) is 33.8 Å². The molecule has 1 N–H and O–H groups in total. The zero-order valence-electron chi connectivity index (χ0n) is 9.20. The fraction of sp³-hybridized carbons (Fsp3) is 0.417. The number of rotatable bonds is 3. The molecule has 0 bridgehead atoms. The summed E-state index contributed by atoms with van der Waals surface area (Å²) >= 11 is 11.8. The first-order chi connectivity index (χ1) is 8.10. The molecule has 1 aliphatic heterocycles. The SMILES string of the molecule is O=C(Cc1ccc(Cl)cc1Cl)N1CC(CO)C1. The zero-order chi connectivity index (χ0) is 12.4. The third-order valence-corrected chi connectivity index (χ3v) is 3.51. The molecule has 5 heteroatoms. The summed E-state index contributed by atoms with van der Waals surface area (Å²) in [7, 11) is 0.